The second-order valence-electron chi connectivity index (χ2n) is 4.76. The van der Waals surface area contributed by atoms with Gasteiger partial charge in [-0.3, -0.25) is 0 Å². The number of hydrogen-bond acceptors (Lipinski definition) is 2. The van der Waals surface area contributed by atoms with E-state index in [1.807, 2.05) is 20.9 Å². The molecule has 0 saturated heterocycles. The average Bonchev–Trinajstić information content (AvgIpc) is 2.35. The van der Waals surface area contributed by atoms with E-state index in [0.29, 0.717) is 23.7 Å². The Hall–Kier alpha value is -0.940. The Morgan fingerprint density at radius 2 is 2.00 bits per heavy atom. The van der Waals surface area contributed by atoms with Crippen LogP contribution in [0, 0.1) is 0 Å². The maximum atomic E-state index is 12.6. The molecule has 1 unspecified atom stereocenters. The molecule has 114 valence electrons. The summed E-state index contributed by atoms with van der Waals surface area (Å²) < 4.78 is 37.8. The third-order valence-electron chi connectivity index (χ3n) is 3.11. The molecule has 0 spiro atoms. The molecular formula is C14H20ClF3N2. The largest absolute Gasteiger partial charge is 0.405 e. The maximum absolute atomic E-state index is 12.6. The van der Waals surface area contributed by atoms with E-state index in [2.05, 4.69) is 5.32 Å². The lowest BCUT2D eigenvalue weighted by Crippen LogP contribution is -2.35. The first-order valence-corrected chi connectivity index (χ1v) is 6.94. The standard InChI is InChI=1S/C14H20ClF3N2/c1-4-7-20(9-14(16,17)18)13-6-5-11(8-12(13)15)10(2)19-3/h5-6,8,10,19H,4,7,9H2,1-3H3. The van der Waals surface area contributed by atoms with Gasteiger partial charge in [-0.25, -0.2) is 0 Å². The van der Waals surface area contributed by atoms with Gasteiger partial charge >= 0.3 is 6.18 Å². The molecule has 0 radical (unpaired) electrons. The molecular weight excluding hydrogens is 289 g/mol. The van der Waals surface area contributed by atoms with E-state index in [0.717, 1.165) is 5.56 Å². The minimum absolute atomic E-state index is 0.101. The lowest BCUT2D eigenvalue weighted by atomic mass is 10.1. The minimum Gasteiger partial charge on any atom is -0.361 e. The lowest BCUT2D eigenvalue weighted by molar-refractivity contribution is -0.119. The van der Waals surface area contributed by atoms with Crippen LogP contribution in [0.4, 0.5) is 18.9 Å². The third-order valence-corrected chi connectivity index (χ3v) is 3.41. The zero-order valence-corrected chi connectivity index (χ0v) is 12.6. The summed E-state index contributed by atoms with van der Waals surface area (Å²) in [6.07, 6.45) is -3.61. The summed E-state index contributed by atoms with van der Waals surface area (Å²) in [5.41, 5.74) is 1.38. The molecule has 0 amide bonds. The highest BCUT2D eigenvalue weighted by Gasteiger charge is 2.31. The van der Waals surface area contributed by atoms with E-state index in [1.54, 1.807) is 18.2 Å². The van der Waals surface area contributed by atoms with E-state index in [9.17, 15) is 13.2 Å². The van der Waals surface area contributed by atoms with E-state index in [-0.39, 0.29) is 6.04 Å². The Morgan fingerprint density at radius 3 is 2.45 bits per heavy atom. The van der Waals surface area contributed by atoms with E-state index in [4.69, 9.17) is 11.6 Å². The van der Waals surface area contributed by atoms with Crippen LogP contribution in [-0.4, -0.2) is 26.3 Å². The molecule has 1 rings (SSSR count). The molecule has 1 aromatic carbocycles. The Labute approximate surface area is 122 Å². The van der Waals surface area contributed by atoms with Crippen molar-refractivity contribution in [2.75, 3.05) is 25.0 Å². The smallest absolute Gasteiger partial charge is 0.361 e. The van der Waals surface area contributed by atoms with Crippen LogP contribution in [0.15, 0.2) is 18.2 Å². The molecule has 0 aromatic heterocycles. The normalized spacial score (nSPS) is 13.3. The molecule has 0 aliphatic carbocycles. The van der Waals surface area contributed by atoms with Crippen molar-refractivity contribution >= 4 is 17.3 Å². The van der Waals surface area contributed by atoms with E-state index >= 15 is 0 Å². The van der Waals surface area contributed by atoms with Crippen molar-refractivity contribution in [1.29, 1.82) is 0 Å². The van der Waals surface area contributed by atoms with Gasteiger partial charge in [0.05, 0.1) is 10.7 Å². The van der Waals surface area contributed by atoms with Crippen molar-refractivity contribution in [1.82, 2.24) is 5.32 Å². The van der Waals surface area contributed by atoms with Gasteiger partial charge in [0.2, 0.25) is 0 Å². The molecule has 0 aliphatic rings. The van der Waals surface area contributed by atoms with Crippen molar-refractivity contribution < 1.29 is 13.2 Å². The number of nitrogens with zero attached hydrogens (tertiary/aromatic N) is 1. The van der Waals surface area contributed by atoms with Crippen molar-refractivity contribution in [3.05, 3.63) is 28.8 Å². The zero-order chi connectivity index (χ0) is 15.3. The fourth-order valence-corrected chi connectivity index (χ4v) is 2.30. The summed E-state index contributed by atoms with van der Waals surface area (Å²) in [6, 6.07) is 5.29. The summed E-state index contributed by atoms with van der Waals surface area (Å²) in [5, 5.41) is 3.42. The van der Waals surface area contributed by atoms with E-state index in [1.165, 1.54) is 4.90 Å². The zero-order valence-electron chi connectivity index (χ0n) is 11.9. The first-order valence-electron chi connectivity index (χ1n) is 6.57. The van der Waals surface area contributed by atoms with Gasteiger partial charge in [-0.1, -0.05) is 24.6 Å². The van der Waals surface area contributed by atoms with Crippen LogP contribution in [0.25, 0.3) is 0 Å². The molecule has 0 saturated carbocycles. The molecule has 0 fully saturated rings. The van der Waals surface area contributed by atoms with Crippen LogP contribution < -0.4 is 10.2 Å². The van der Waals surface area contributed by atoms with Gasteiger partial charge in [-0.05, 0) is 38.1 Å². The van der Waals surface area contributed by atoms with Crippen LogP contribution >= 0.6 is 11.6 Å². The number of hydrogen-bond donors (Lipinski definition) is 1. The predicted molar refractivity (Wildman–Crippen MR) is 77.5 cm³/mol. The molecule has 0 heterocycles. The molecule has 20 heavy (non-hydrogen) atoms. The van der Waals surface area contributed by atoms with Crippen LogP contribution in [0.3, 0.4) is 0 Å². The maximum Gasteiger partial charge on any atom is 0.405 e. The number of halogens is 4. The Kier molecular flexibility index (Phi) is 6.14. The number of nitrogens with one attached hydrogen (secondary N) is 1. The van der Waals surface area contributed by atoms with Crippen molar-refractivity contribution in [2.45, 2.75) is 32.5 Å². The van der Waals surface area contributed by atoms with Crippen molar-refractivity contribution in [2.24, 2.45) is 0 Å². The highest BCUT2D eigenvalue weighted by atomic mass is 35.5. The average molecular weight is 309 g/mol. The van der Waals surface area contributed by atoms with Gasteiger partial charge in [0.15, 0.2) is 0 Å². The molecule has 0 aliphatic heterocycles. The molecule has 0 bridgehead atoms. The van der Waals surface area contributed by atoms with Gasteiger partial charge in [-0.15, -0.1) is 0 Å². The van der Waals surface area contributed by atoms with E-state index < -0.39 is 12.7 Å². The third kappa shape index (κ3) is 4.87. The second-order valence-corrected chi connectivity index (χ2v) is 5.17. The van der Waals surface area contributed by atoms with Crippen LogP contribution in [0.2, 0.25) is 5.02 Å². The lowest BCUT2D eigenvalue weighted by Gasteiger charge is -2.27. The Bertz CT molecular complexity index is 435. The van der Waals surface area contributed by atoms with Crippen molar-refractivity contribution in [3.8, 4) is 0 Å². The Balaban J connectivity index is 3.02. The molecule has 1 N–H and O–H groups in total. The van der Waals surface area contributed by atoms with Crippen LogP contribution in [0.5, 0.6) is 0 Å². The number of alkyl halides is 3. The van der Waals surface area contributed by atoms with Gasteiger partial charge in [0.1, 0.15) is 6.54 Å². The number of rotatable bonds is 6. The molecule has 1 atom stereocenters. The van der Waals surface area contributed by atoms with Gasteiger partial charge in [0.25, 0.3) is 0 Å². The first kappa shape index (κ1) is 17.1. The van der Waals surface area contributed by atoms with Gasteiger partial charge < -0.3 is 10.2 Å². The molecule has 6 heteroatoms. The summed E-state index contributed by atoms with van der Waals surface area (Å²) >= 11 is 6.15. The monoisotopic (exact) mass is 308 g/mol. The number of benzene rings is 1. The minimum atomic E-state index is -4.24. The SMILES string of the molecule is CCCN(CC(F)(F)F)c1ccc(C(C)NC)cc1Cl. The Morgan fingerprint density at radius 1 is 1.35 bits per heavy atom. The first-order chi connectivity index (χ1) is 9.28. The van der Waals surface area contributed by atoms with Crippen LogP contribution in [-0.2, 0) is 0 Å². The second kappa shape index (κ2) is 7.18. The summed E-state index contributed by atoms with van der Waals surface area (Å²) in [7, 11) is 1.82. The highest BCUT2D eigenvalue weighted by Crippen LogP contribution is 2.31. The highest BCUT2D eigenvalue weighted by molar-refractivity contribution is 6.33. The topological polar surface area (TPSA) is 15.3 Å². The van der Waals surface area contributed by atoms with Crippen molar-refractivity contribution in [3.63, 3.8) is 0 Å². The quantitative estimate of drug-likeness (QED) is 0.838. The fourth-order valence-electron chi connectivity index (χ4n) is 1.99. The fraction of sp³-hybridized carbons (Fsp3) is 0.571. The molecule has 2 nitrogen and oxygen atoms in total. The molecule has 1 aromatic rings. The number of anilines is 1. The van der Waals surface area contributed by atoms with Gasteiger partial charge in [0, 0.05) is 12.6 Å². The van der Waals surface area contributed by atoms with Gasteiger partial charge in [-0.2, -0.15) is 13.2 Å². The van der Waals surface area contributed by atoms with Crippen LogP contribution in [0.1, 0.15) is 31.9 Å². The predicted octanol–water partition coefficient (Wildman–Crippen LogP) is 4.40. The summed E-state index contributed by atoms with van der Waals surface area (Å²) in [5.74, 6) is 0. The summed E-state index contributed by atoms with van der Waals surface area (Å²) in [6.45, 7) is 3.14. The summed E-state index contributed by atoms with van der Waals surface area (Å²) in [4.78, 5) is 1.27.